The van der Waals surface area contributed by atoms with Gasteiger partial charge in [0, 0.05) is 58.0 Å². The summed E-state index contributed by atoms with van der Waals surface area (Å²) >= 11 is 0. The van der Waals surface area contributed by atoms with Crippen molar-refractivity contribution in [2.75, 3.05) is 37.6 Å². The first-order valence-corrected chi connectivity index (χ1v) is 10.3. The van der Waals surface area contributed by atoms with Gasteiger partial charge in [-0.25, -0.2) is 4.98 Å². The molecule has 3 aliphatic carbocycles. The molecule has 27 heavy (non-hydrogen) atoms. The molecular weight excluding hydrogens is 336 g/mol. The van der Waals surface area contributed by atoms with Gasteiger partial charge in [0.15, 0.2) is 0 Å². The van der Waals surface area contributed by atoms with E-state index < -0.39 is 0 Å². The molecule has 0 unspecified atom stereocenters. The summed E-state index contributed by atoms with van der Waals surface area (Å²) in [4.78, 5) is 20.4. The van der Waals surface area contributed by atoms with Crippen molar-refractivity contribution >= 4 is 11.7 Å². The summed E-state index contributed by atoms with van der Waals surface area (Å²) in [6, 6.07) is 4.19. The number of aromatic nitrogens is 1. The minimum atomic E-state index is 0.166. The number of nitrogens with zero attached hydrogens (tertiary/aromatic N) is 3. The SMILES string of the molecule is CC(=O)N1CCN(c2ncccc2CNCC2=CC[C@H]3C[C@@H]2C3(C)C)CC1. The third-order valence-corrected chi connectivity index (χ3v) is 7.12. The van der Waals surface area contributed by atoms with Crippen LogP contribution in [0.1, 0.15) is 39.2 Å². The number of amides is 1. The Morgan fingerprint density at radius 1 is 1.26 bits per heavy atom. The lowest BCUT2D eigenvalue weighted by atomic mass is 9.49. The average Bonchev–Trinajstić information content (AvgIpc) is 2.68. The number of piperazine rings is 1. The molecule has 1 saturated heterocycles. The topological polar surface area (TPSA) is 48.5 Å². The van der Waals surface area contributed by atoms with Crippen LogP contribution in [-0.4, -0.2) is 48.5 Å². The molecule has 5 rings (SSSR count). The largest absolute Gasteiger partial charge is 0.353 e. The normalized spacial score (nSPS) is 26.4. The summed E-state index contributed by atoms with van der Waals surface area (Å²) in [6.45, 7) is 11.6. The third-order valence-electron chi connectivity index (χ3n) is 7.12. The zero-order chi connectivity index (χ0) is 19.0. The quantitative estimate of drug-likeness (QED) is 0.812. The van der Waals surface area contributed by atoms with Crippen LogP contribution in [0.2, 0.25) is 0 Å². The number of fused-ring (bicyclic) bond motifs is 1. The van der Waals surface area contributed by atoms with Crippen LogP contribution in [0.4, 0.5) is 5.82 Å². The van der Waals surface area contributed by atoms with E-state index in [1.54, 1.807) is 12.5 Å². The van der Waals surface area contributed by atoms with Crippen molar-refractivity contribution in [1.82, 2.24) is 15.2 Å². The summed E-state index contributed by atoms with van der Waals surface area (Å²) in [5.41, 5.74) is 3.33. The highest BCUT2D eigenvalue weighted by molar-refractivity contribution is 5.73. The van der Waals surface area contributed by atoms with E-state index in [2.05, 4.69) is 41.2 Å². The number of anilines is 1. The first kappa shape index (κ1) is 18.5. The van der Waals surface area contributed by atoms with Gasteiger partial charge in [-0.15, -0.1) is 0 Å². The standard InChI is InChI=1S/C22H32N4O/c1-16(27)25-9-11-26(12-10-25)21-18(5-4-8-24-21)15-23-14-17-6-7-19-13-20(17)22(19,2)3/h4-6,8,19-20,23H,7,9-15H2,1-3H3/t19-,20-/m0/s1. The van der Waals surface area contributed by atoms with E-state index in [9.17, 15) is 4.79 Å². The monoisotopic (exact) mass is 368 g/mol. The maximum absolute atomic E-state index is 11.6. The van der Waals surface area contributed by atoms with Gasteiger partial charge in [-0.3, -0.25) is 4.79 Å². The lowest BCUT2D eigenvalue weighted by Gasteiger charge is -2.56. The van der Waals surface area contributed by atoms with Gasteiger partial charge >= 0.3 is 0 Å². The molecule has 1 aliphatic heterocycles. The second-order valence-corrected chi connectivity index (χ2v) is 8.90. The highest BCUT2D eigenvalue weighted by Gasteiger charge is 2.50. The number of carbonyl (C=O) groups is 1. The molecule has 5 heteroatoms. The molecule has 1 N–H and O–H groups in total. The van der Waals surface area contributed by atoms with Gasteiger partial charge in [0.05, 0.1) is 0 Å². The van der Waals surface area contributed by atoms with Crippen LogP contribution >= 0.6 is 0 Å². The van der Waals surface area contributed by atoms with Gasteiger partial charge < -0.3 is 15.1 Å². The fourth-order valence-electron chi connectivity index (χ4n) is 5.10. The number of hydrogen-bond donors (Lipinski definition) is 1. The third kappa shape index (κ3) is 3.49. The summed E-state index contributed by atoms with van der Waals surface area (Å²) in [5, 5.41) is 3.67. The van der Waals surface area contributed by atoms with Crippen LogP contribution in [0.15, 0.2) is 30.0 Å². The Balaban J connectivity index is 1.35. The van der Waals surface area contributed by atoms with E-state index in [4.69, 9.17) is 0 Å². The van der Waals surface area contributed by atoms with Gasteiger partial charge in [0.1, 0.15) is 5.82 Å². The van der Waals surface area contributed by atoms with Crippen molar-refractivity contribution < 1.29 is 4.79 Å². The molecule has 4 aliphatic rings. The first-order chi connectivity index (χ1) is 13.0. The first-order valence-electron chi connectivity index (χ1n) is 10.3. The van der Waals surface area contributed by atoms with Crippen molar-refractivity contribution in [3.05, 3.63) is 35.5 Å². The maximum Gasteiger partial charge on any atom is 0.219 e. The van der Waals surface area contributed by atoms with Gasteiger partial charge in [-0.1, -0.05) is 31.6 Å². The molecule has 5 nitrogen and oxygen atoms in total. The van der Waals surface area contributed by atoms with Crippen molar-refractivity contribution in [3.8, 4) is 0 Å². The number of hydrogen-bond acceptors (Lipinski definition) is 4. The van der Waals surface area contributed by atoms with Crippen molar-refractivity contribution in [3.63, 3.8) is 0 Å². The van der Waals surface area contributed by atoms with Crippen molar-refractivity contribution in [2.45, 2.75) is 40.2 Å². The molecule has 0 spiro atoms. The molecule has 1 amide bonds. The summed E-state index contributed by atoms with van der Waals surface area (Å²) in [7, 11) is 0. The molecule has 2 fully saturated rings. The van der Waals surface area contributed by atoms with E-state index in [0.29, 0.717) is 5.41 Å². The molecule has 1 aromatic heterocycles. The Morgan fingerprint density at radius 2 is 2.04 bits per heavy atom. The Hall–Kier alpha value is -1.88. The number of carbonyl (C=O) groups excluding carboxylic acids is 1. The van der Waals surface area contributed by atoms with E-state index in [-0.39, 0.29) is 5.91 Å². The van der Waals surface area contributed by atoms with Crippen LogP contribution in [0.25, 0.3) is 0 Å². The average molecular weight is 369 g/mol. The fourth-order valence-corrected chi connectivity index (χ4v) is 5.10. The summed E-state index contributed by atoms with van der Waals surface area (Å²) in [5.74, 6) is 2.89. The molecule has 1 aromatic rings. The summed E-state index contributed by atoms with van der Waals surface area (Å²) < 4.78 is 0. The number of rotatable bonds is 5. The van der Waals surface area contributed by atoms with E-state index in [1.165, 1.54) is 18.4 Å². The second kappa shape index (κ2) is 7.27. The van der Waals surface area contributed by atoms with Crippen molar-refractivity contribution in [1.29, 1.82) is 0 Å². The molecule has 2 heterocycles. The number of pyridine rings is 1. The number of nitrogens with one attached hydrogen (secondary N) is 1. The molecular formula is C22H32N4O. The number of allylic oxidation sites excluding steroid dienone is 1. The molecule has 146 valence electrons. The fraction of sp³-hybridized carbons (Fsp3) is 0.636. The Morgan fingerprint density at radius 3 is 2.70 bits per heavy atom. The van der Waals surface area contributed by atoms with Crippen LogP contribution in [0.5, 0.6) is 0 Å². The van der Waals surface area contributed by atoms with Crippen LogP contribution in [-0.2, 0) is 11.3 Å². The van der Waals surface area contributed by atoms with Gasteiger partial charge in [-0.2, -0.15) is 0 Å². The molecule has 0 aromatic carbocycles. The lowest BCUT2D eigenvalue weighted by Crippen LogP contribution is -2.49. The van der Waals surface area contributed by atoms with Crippen molar-refractivity contribution in [2.24, 2.45) is 17.3 Å². The van der Waals surface area contributed by atoms with Crippen LogP contribution in [0.3, 0.4) is 0 Å². The van der Waals surface area contributed by atoms with Gasteiger partial charge in [-0.05, 0) is 36.2 Å². The molecule has 0 radical (unpaired) electrons. The highest BCUT2D eigenvalue weighted by atomic mass is 16.2. The zero-order valence-electron chi connectivity index (χ0n) is 16.9. The van der Waals surface area contributed by atoms with Crippen LogP contribution < -0.4 is 10.2 Å². The maximum atomic E-state index is 11.6. The lowest BCUT2D eigenvalue weighted by molar-refractivity contribution is -0.129. The second-order valence-electron chi connectivity index (χ2n) is 8.90. The Bertz CT molecular complexity index is 734. The molecule has 2 atom stereocenters. The highest BCUT2D eigenvalue weighted by Crippen LogP contribution is 2.58. The minimum absolute atomic E-state index is 0.166. The van der Waals surface area contributed by atoms with E-state index >= 15 is 0 Å². The van der Waals surface area contributed by atoms with E-state index in [0.717, 1.165) is 56.9 Å². The zero-order valence-corrected chi connectivity index (χ0v) is 16.9. The minimum Gasteiger partial charge on any atom is -0.353 e. The predicted molar refractivity (Wildman–Crippen MR) is 108 cm³/mol. The molecule has 2 bridgehead atoms. The molecule has 1 saturated carbocycles. The van der Waals surface area contributed by atoms with Gasteiger partial charge in [0.25, 0.3) is 0 Å². The van der Waals surface area contributed by atoms with Gasteiger partial charge in [0.2, 0.25) is 5.91 Å². The Kier molecular flexibility index (Phi) is 4.97. The Labute approximate surface area is 162 Å². The van der Waals surface area contributed by atoms with E-state index in [1.807, 2.05) is 17.2 Å². The summed E-state index contributed by atoms with van der Waals surface area (Å²) in [6.07, 6.45) is 6.97. The smallest absolute Gasteiger partial charge is 0.219 e. The predicted octanol–water partition coefficient (Wildman–Crippen LogP) is 2.83. The van der Waals surface area contributed by atoms with Crippen LogP contribution in [0, 0.1) is 17.3 Å².